The van der Waals surface area contributed by atoms with E-state index >= 15 is 0 Å². The van der Waals surface area contributed by atoms with Crippen molar-refractivity contribution in [3.8, 4) is 11.5 Å². The fourth-order valence-electron chi connectivity index (χ4n) is 1.73. The van der Waals surface area contributed by atoms with Gasteiger partial charge in [0.15, 0.2) is 0 Å². The zero-order chi connectivity index (χ0) is 15.2. The first-order valence-electron chi connectivity index (χ1n) is 6.17. The molecule has 0 fully saturated rings. The van der Waals surface area contributed by atoms with Crippen LogP contribution in [0.25, 0.3) is 6.08 Å². The maximum absolute atomic E-state index is 10.5. The fourth-order valence-corrected chi connectivity index (χ4v) is 2.22. The number of halogens is 1. The van der Waals surface area contributed by atoms with E-state index in [-0.39, 0.29) is 6.61 Å². The van der Waals surface area contributed by atoms with E-state index < -0.39 is 5.97 Å². The molecule has 108 valence electrons. The Morgan fingerprint density at radius 1 is 1.24 bits per heavy atom. The molecular weight excluding hydrogens is 336 g/mol. The van der Waals surface area contributed by atoms with Gasteiger partial charge in [-0.25, -0.2) is 4.79 Å². The minimum Gasteiger partial charge on any atom is -0.478 e. The summed E-state index contributed by atoms with van der Waals surface area (Å²) in [5.74, 6) is 0.176. The summed E-state index contributed by atoms with van der Waals surface area (Å²) in [6.45, 7) is -0.100. The number of para-hydroxylation sites is 1. The standard InChI is InChI=1S/C16H13BrO4/c17-14-9-13(7-5-11(14)6-8-16(19)20)21-15-4-2-1-3-12(15)10-18/h1-9,18H,10H2,(H,19,20)/b8-6+. The van der Waals surface area contributed by atoms with Gasteiger partial charge in [-0.2, -0.15) is 0 Å². The van der Waals surface area contributed by atoms with Crippen LogP contribution in [0.2, 0.25) is 0 Å². The van der Waals surface area contributed by atoms with Crippen LogP contribution >= 0.6 is 15.9 Å². The van der Waals surface area contributed by atoms with Crippen molar-refractivity contribution in [3.05, 3.63) is 64.1 Å². The van der Waals surface area contributed by atoms with Crippen molar-refractivity contribution in [2.24, 2.45) is 0 Å². The summed E-state index contributed by atoms with van der Waals surface area (Å²) in [4.78, 5) is 10.5. The van der Waals surface area contributed by atoms with E-state index in [1.165, 1.54) is 6.08 Å². The molecule has 5 heteroatoms. The van der Waals surface area contributed by atoms with Gasteiger partial charge in [0, 0.05) is 16.1 Å². The third kappa shape index (κ3) is 4.18. The summed E-state index contributed by atoms with van der Waals surface area (Å²) in [5, 5.41) is 17.9. The molecule has 0 aliphatic heterocycles. The Hall–Kier alpha value is -2.11. The predicted molar refractivity (Wildman–Crippen MR) is 83.3 cm³/mol. The number of benzene rings is 2. The number of carbonyl (C=O) groups is 1. The molecule has 0 saturated carbocycles. The fraction of sp³-hybridized carbons (Fsp3) is 0.0625. The molecule has 0 unspecified atom stereocenters. The molecule has 0 radical (unpaired) electrons. The normalized spacial score (nSPS) is 10.8. The van der Waals surface area contributed by atoms with Gasteiger partial charge in [-0.15, -0.1) is 0 Å². The van der Waals surface area contributed by atoms with Crippen molar-refractivity contribution >= 4 is 28.0 Å². The molecule has 2 aromatic rings. The molecule has 0 spiro atoms. The van der Waals surface area contributed by atoms with Crippen molar-refractivity contribution in [1.29, 1.82) is 0 Å². The molecule has 21 heavy (non-hydrogen) atoms. The highest BCUT2D eigenvalue weighted by Gasteiger charge is 2.05. The minimum absolute atomic E-state index is 0.100. The van der Waals surface area contributed by atoms with Crippen molar-refractivity contribution in [2.45, 2.75) is 6.61 Å². The maximum Gasteiger partial charge on any atom is 0.328 e. The summed E-state index contributed by atoms with van der Waals surface area (Å²) >= 11 is 3.37. The Bertz CT molecular complexity index is 680. The third-order valence-electron chi connectivity index (χ3n) is 2.75. The van der Waals surface area contributed by atoms with E-state index in [4.69, 9.17) is 9.84 Å². The van der Waals surface area contributed by atoms with Crippen LogP contribution in [0, 0.1) is 0 Å². The molecule has 0 saturated heterocycles. The van der Waals surface area contributed by atoms with Crippen LogP contribution in [0.15, 0.2) is 53.0 Å². The summed E-state index contributed by atoms with van der Waals surface area (Å²) in [6.07, 6.45) is 2.57. The first kappa shape index (κ1) is 15.3. The second-order valence-electron chi connectivity index (χ2n) is 4.22. The molecule has 2 aromatic carbocycles. The van der Waals surface area contributed by atoms with Gasteiger partial charge in [0.05, 0.1) is 6.61 Å². The molecule has 0 aliphatic rings. The highest BCUT2D eigenvalue weighted by Crippen LogP contribution is 2.29. The van der Waals surface area contributed by atoms with Crippen molar-refractivity contribution in [2.75, 3.05) is 0 Å². The zero-order valence-electron chi connectivity index (χ0n) is 11.0. The molecule has 0 heterocycles. The van der Waals surface area contributed by atoms with Crippen LogP contribution in [0.1, 0.15) is 11.1 Å². The van der Waals surface area contributed by atoms with Gasteiger partial charge >= 0.3 is 5.97 Å². The van der Waals surface area contributed by atoms with Gasteiger partial charge in [0.1, 0.15) is 11.5 Å². The van der Waals surface area contributed by atoms with Crippen LogP contribution in [0.5, 0.6) is 11.5 Å². The number of aliphatic hydroxyl groups excluding tert-OH is 1. The molecular formula is C16H13BrO4. The summed E-state index contributed by atoms with van der Waals surface area (Å²) in [5.41, 5.74) is 1.43. The quantitative estimate of drug-likeness (QED) is 0.805. The number of ether oxygens (including phenoxy) is 1. The topological polar surface area (TPSA) is 66.8 Å². The number of hydrogen-bond acceptors (Lipinski definition) is 3. The Kier molecular flexibility index (Phi) is 5.14. The van der Waals surface area contributed by atoms with Crippen molar-refractivity contribution < 1.29 is 19.7 Å². The van der Waals surface area contributed by atoms with Crippen LogP contribution in [0.3, 0.4) is 0 Å². The Morgan fingerprint density at radius 2 is 2.00 bits per heavy atom. The molecule has 4 nitrogen and oxygen atoms in total. The number of rotatable bonds is 5. The number of aliphatic carboxylic acids is 1. The number of hydrogen-bond donors (Lipinski definition) is 2. The van der Waals surface area contributed by atoms with E-state index in [0.717, 1.165) is 16.1 Å². The van der Waals surface area contributed by atoms with Gasteiger partial charge in [-0.3, -0.25) is 0 Å². The molecule has 0 amide bonds. The number of aliphatic hydroxyl groups is 1. The SMILES string of the molecule is O=C(O)/C=C/c1ccc(Oc2ccccc2CO)cc1Br. The van der Waals surface area contributed by atoms with Crippen LogP contribution in [0.4, 0.5) is 0 Å². The molecule has 0 aromatic heterocycles. The summed E-state index contributed by atoms with van der Waals surface area (Å²) in [7, 11) is 0. The molecule has 0 atom stereocenters. The maximum atomic E-state index is 10.5. The monoisotopic (exact) mass is 348 g/mol. The Labute approximate surface area is 130 Å². The van der Waals surface area contributed by atoms with Crippen molar-refractivity contribution in [3.63, 3.8) is 0 Å². The zero-order valence-corrected chi connectivity index (χ0v) is 12.6. The molecule has 0 aliphatic carbocycles. The smallest absolute Gasteiger partial charge is 0.328 e. The van der Waals surface area contributed by atoms with Crippen LogP contribution in [-0.4, -0.2) is 16.2 Å². The molecule has 2 rings (SSSR count). The van der Waals surface area contributed by atoms with Gasteiger partial charge in [-0.05, 0) is 29.8 Å². The Morgan fingerprint density at radius 3 is 2.67 bits per heavy atom. The summed E-state index contributed by atoms with van der Waals surface area (Å²) in [6, 6.07) is 12.4. The van der Waals surface area contributed by atoms with Crippen LogP contribution in [-0.2, 0) is 11.4 Å². The lowest BCUT2D eigenvalue weighted by Gasteiger charge is -2.10. The van der Waals surface area contributed by atoms with E-state index in [9.17, 15) is 9.90 Å². The predicted octanol–water partition coefficient (Wildman–Crippen LogP) is 3.83. The van der Waals surface area contributed by atoms with E-state index in [1.54, 1.807) is 30.3 Å². The first-order valence-corrected chi connectivity index (χ1v) is 6.96. The van der Waals surface area contributed by atoms with Crippen LogP contribution < -0.4 is 4.74 Å². The lowest BCUT2D eigenvalue weighted by molar-refractivity contribution is -0.131. The second-order valence-corrected chi connectivity index (χ2v) is 5.08. The van der Waals surface area contributed by atoms with Gasteiger partial charge < -0.3 is 14.9 Å². The molecule has 2 N–H and O–H groups in total. The lowest BCUT2D eigenvalue weighted by Crippen LogP contribution is -1.92. The molecule has 0 bridgehead atoms. The first-order chi connectivity index (χ1) is 10.1. The third-order valence-corrected chi connectivity index (χ3v) is 3.43. The average molecular weight is 349 g/mol. The Balaban J connectivity index is 2.22. The number of carboxylic acid groups (broad SMARTS) is 1. The van der Waals surface area contributed by atoms with E-state index in [1.807, 2.05) is 12.1 Å². The second kappa shape index (κ2) is 7.06. The van der Waals surface area contributed by atoms with Gasteiger partial charge in [0.25, 0.3) is 0 Å². The van der Waals surface area contributed by atoms with Crippen molar-refractivity contribution in [1.82, 2.24) is 0 Å². The minimum atomic E-state index is -1.00. The van der Waals surface area contributed by atoms with E-state index in [2.05, 4.69) is 15.9 Å². The van der Waals surface area contributed by atoms with Gasteiger partial charge in [0.2, 0.25) is 0 Å². The largest absolute Gasteiger partial charge is 0.478 e. The highest BCUT2D eigenvalue weighted by molar-refractivity contribution is 9.10. The highest BCUT2D eigenvalue weighted by atomic mass is 79.9. The summed E-state index contributed by atoms with van der Waals surface area (Å²) < 4.78 is 6.45. The average Bonchev–Trinajstić information content (AvgIpc) is 2.47. The van der Waals surface area contributed by atoms with E-state index in [0.29, 0.717) is 17.1 Å². The number of carboxylic acids is 1. The lowest BCUT2D eigenvalue weighted by atomic mass is 10.2. The van der Waals surface area contributed by atoms with Gasteiger partial charge in [-0.1, -0.05) is 40.2 Å².